The molecule has 0 N–H and O–H groups in total. The quantitative estimate of drug-likeness (QED) is 0.687. The van der Waals surface area contributed by atoms with Crippen LogP contribution in [0.25, 0.3) is 0 Å². The van der Waals surface area contributed by atoms with E-state index in [1.165, 1.54) is 20.3 Å². The standard InChI is InChI=1S/C23H24F3N3O4/c1-14-12-28(8-9-29(14)21(30)13-31-2)22-17-6-5-16(32-3)11-20(17)33-19-7-4-15(23(24,25)26)10-18(19)27-22/h4-7,10-11,14H,8-9,12-13H2,1-3H3. The van der Waals surface area contributed by atoms with E-state index in [9.17, 15) is 18.0 Å². The number of rotatable bonds is 3. The molecule has 2 aromatic carbocycles. The number of hydrogen-bond donors (Lipinski definition) is 0. The van der Waals surface area contributed by atoms with Gasteiger partial charge in [-0.2, -0.15) is 13.2 Å². The van der Waals surface area contributed by atoms with Crippen LogP contribution in [0.4, 0.5) is 18.9 Å². The Bertz CT molecular complexity index is 1090. The topological polar surface area (TPSA) is 63.6 Å². The molecule has 1 amide bonds. The Kier molecular flexibility index (Phi) is 6.20. The lowest BCUT2D eigenvalue weighted by Gasteiger charge is -2.41. The number of piperazine rings is 1. The van der Waals surface area contributed by atoms with Gasteiger partial charge in [-0.25, -0.2) is 4.99 Å². The molecule has 10 heteroatoms. The molecule has 0 aromatic heterocycles. The molecule has 4 rings (SSSR count). The number of benzene rings is 2. The van der Waals surface area contributed by atoms with E-state index in [4.69, 9.17) is 14.2 Å². The molecule has 7 nitrogen and oxygen atoms in total. The monoisotopic (exact) mass is 463 g/mol. The maximum Gasteiger partial charge on any atom is 0.416 e. The average Bonchev–Trinajstić information content (AvgIpc) is 2.94. The van der Waals surface area contributed by atoms with E-state index in [-0.39, 0.29) is 30.0 Å². The molecule has 33 heavy (non-hydrogen) atoms. The number of amidine groups is 1. The number of hydrogen-bond acceptors (Lipinski definition) is 6. The highest BCUT2D eigenvalue weighted by molar-refractivity contribution is 6.04. The first-order valence-electron chi connectivity index (χ1n) is 10.4. The lowest BCUT2D eigenvalue weighted by atomic mass is 10.1. The average molecular weight is 463 g/mol. The fourth-order valence-corrected chi connectivity index (χ4v) is 4.03. The molecule has 0 saturated carbocycles. The highest BCUT2D eigenvalue weighted by atomic mass is 19.4. The third-order valence-corrected chi connectivity index (χ3v) is 5.68. The van der Waals surface area contributed by atoms with Crippen LogP contribution in [0, 0.1) is 0 Å². The molecule has 2 heterocycles. The number of fused-ring (bicyclic) bond motifs is 2. The number of halogens is 3. The Morgan fingerprint density at radius 2 is 1.94 bits per heavy atom. The normalized spacial score (nSPS) is 18.0. The van der Waals surface area contributed by atoms with Crippen molar-refractivity contribution in [2.45, 2.75) is 19.1 Å². The molecule has 0 bridgehead atoms. The van der Waals surface area contributed by atoms with Crippen molar-refractivity contribution < 1.29 is 32.2 Å². The molecule has 2 aliphatic rings. The zero-order chi connectivity index (χ0) is 23.8. The van der Waals surface area contributed by atoms with Crippen molar-refractivity contribution in [3.8, 4) is 17.2 Å². The van der Waals surface area contributed by atoms with Crippen LogP contribution in [0.3, 0.4) is 0 Å². The van der Waals surface area contributed by atoms with Crippen molar-refractivity contribution >= 4 is 17.4 Å². The number of carbonyl (C=O) groups is 1. The smallest absolute Gasteiger partial charge is 0.416 e. The molecule has 1 fully saturated rings. The zero-order valence-corrected chi connectivity index (χ0v) is 18.5. The van der Waals surface area contributed by atoms with Crippen molar-refractivity contribution in [2.75, 3.05) is 40.5 Å². The summed E-state index contributed by atoms with van der Waals surface area (Å²) in [6, 6.07) is 8.29. The molecule has 0 spiro atoms. The summed E-state index contributed by atoms with van der Waals surface area (Å²) in [5.74, 6) is 1.57. The number of carbonyl (C=O) groups excluding carboxylic acids is 1. The molecule has 0 radical (unpaired) electrons. The van der Waals surface area contributed by atoms with Gasteiger partial charge < -0.3 is 24.0 Å². The predicted octanol–water partition coefficient (Wildman–Crippen LogP) is 4.08. The van der Waals surface area contributed by atoms with Gasteiger partial charge in [0.1, 0.15) is 29.6 Å². The van der Waals surface area contributed by atoms with Gasteiger partial charge in [0.15, 0.2) is 5.75 Å². The third-order valence-electron chi connectivity index (χ3n) is 5.68. The van der Waals surface area contributed by atoms with Crippen LogP contribution < -0.4 is 9.47 Å². The minimum atomic E-state index is -4.51. The Labute approximate surface area is 189 Å². The highest BCUT2D eigenvalue weighted by Crippen LogP contribution is 2.42. The Morgan fingerprint density at radius 3 is 2.61 bits per heavy atom. The second kappa shape index (κ2) is 8.93. The van der Waals surface area contributed by atoms with E-state index < -0.39 is 11.7 Å². The summed E-state index contributed by atoms with van der Waals surface area (Å²) in [7, 11) is 2.99. The Balaban J connectivity index is 1.75. The first-order chi connectivity index (χ1) is 15.7. The van der Waals surface area contributed by atoms with E-state index in [0.29, 0.717) is 42.5 Å². The molecule has 1 atom stereocenters. The summed E-state index contributed by atoms with van der Waals surface area (Å²) >= 11 is 0. The SMILES string of the molecule is COCC(=O)N1CCN(C2=Nc3cc(C(F)(F)F)ccc3Oc3cc(OC)ccc32)CC1C. The summed E-state index contributed by atoms with van der Waals surface area (Å²) in [6.45, 7) is 3.25. The minimum absolute atomic E-state index is 0.00461. The molecule has 2 aromatic rings. The van der Waals surface area contributed by atoms with Crippen LogP contribution in [0.2, 0.25) is 0 Å². The highest BCUT2D eigenvalue weighted by Gasteiger charge is 2.34. The summed E-state index contributed by atoms with van der Waals surface area (Å²) in [4.78, 5) is 20.6. The Morgan fingerprint density at radius 1 is 1.15 bits per heavy atom. The van der Waals surface area contributed by atoms with Crippen LogP contribution in [0.15, 0.2) is 41.4 Å². The number of methoxy groups -OCH3 is 2. The van der Waals surface area contributed by atoms with Crippen LogP contribution in [-0.2, 0) is 15.7 Å². The van der Waals surface area contributed by atoms with Gasteiger partial charge in [0.2, 0.25) is 5.91 Å². The number of amides is 1. The number of aliphatic imine (C=N–C) groups is 1. The number of nitrogens with zero attached hydrogens (tertiary/aromatic N) is 3. The number of alkyl halides is 3. The maximum atomic E-state index is 13.3. The van der Waals surface area contributed by atoms with Gasteiger partial charge in [0, 0.05) is 38.9 Å². The maximum absolute atomic E-state index is 13.3. The van der Waals surface area contributed by atoms with E-state index in [1.807, 2.05) is 11.8 Å². The van der Waals surface area contributed by atoms with Crippen LogP contribution in [-0.4, -0.2) is 68.0 Å². The second-order valence-electron chi connectivity index (χ2n) is 7.90. The van der Waals surface area contributed by atoms with Crippen LogP contribution >= 0.6 is 0 Å². The van der Waals surface area contributed by atoms with Crippen molar-refractivity contribution in [1.29, 1.82) is 0 Å². The molecule has 2 aliphatic heterocycles. The second-order valence-corrected chi connectivity index (χ2v) is 7.90. The van der Waals surface area contributed by atoms with Gasteiger partial charge in [0.05, 0.1) is 18.2 Å². The molecular weight excluding hydrogens is 439 g/mol. The molecular formula is C23H24F3N3O4. The fraction of sp³-hybridized carbons (Fsp3) is 0.391. The van der Waals surface area contributed by atoms with E-state index in [1.54, 1.807) is 23.1 Å². The van der Waals surface area contributed by atoms with E-state index in [0.717, 1.165) is 12.1 Å². The Hall–Kier alpha value is -3.27. The molecule has 1 unspecified atom stereocenters. The van der Waals surface area contributed by atoms with Crippen molar-refractivity contribution in [1.82, 2.24) is 9.80 Å². The summed E-state index contributed by atoms with van der Waals surface area (Å²) in [5.41, 5.74) is -0.0928. The summed E-state index contributed by atoms with van der Waals surface area (Å²) < 4.78 is 56.3. The number of ether oxygens (including phenoxy) is 3. The van der Waals surface area contributed by atoms with Crippen LogP contribution in [0.5, 0.6) is 17.2 Å². The third kappa shape index (κ3) is 4.61. The largest absolute Gasteiger partial charge is 0.497 e. The molecule has 176 valence electrons. The van der Waals surface area contributed by atoms with Gasteiger partial charge in [-0.1, -0.05) is 0 Å². The molecule has 1 saturated heterocycles. The van der Waals surface area contributed by atoms with Crippen molar-refractivity contribution in [3.63, 3.8) is 0 Å². The minimum Gasteiger partial charge on any atom is -0.497 e. The lowest BCUT2D eigenvalue weighted by Crippen LogP contribution is -2.56. The first-order valence-corrected chi connectivity index (χ1v) is 10.4. The van der Waals surface area contributed by atoms with Gasteiger partial charge >= 0.3 is 6.18 Å². The fourth-order valence-electron chi connectivity index (χ4n) is 4.03. The lowest BCUT2D eigenvalue weighted by molar-refractivity contribution is -0.139. The van der Waals surface area contributed by atoms with Gasteiger partial charge in [-0.15, -0.1) is 0 Å². The van der Waals surface area contributed by atoms with Crippen molar-refractivity contribution in [2.24, 2.45) is 4.99 Å². The first kappa shape index (κ1) is 22.9. The summed E-state index contributed by atoms with van der Waals surface area (Å²) in [6.07, 6.45) is -4.51. The predicted molar refractivity (Wildman–Crippen MR) is 115 cm³/mol. The van der Waals surface area contributed by atoms with Crippen LogP contribution in [0.1, 0.15) is 18.1 Å². The molecule has 0 aliphatic carbocycles. The summed E-state index contributed by atoms with van der Waals surface area (Å²) in [5, 5.41) is 0. The van der Waals surface area contributed by atoms with E-state index in [2.05, 4.69) is 4.99 Å². The van der Waals surface area contributed by atoms with E-state index >= 15 is 0 Å². The zero-order valence-electron chi connectivity index (χ0n) is 18.5. The van der Waals surface area contributed by atoms with Gasteiger partial charge in [-0.05, 0) is 37.3 Å². The van der Waals surface area contributed by atoms with Gasteiger partial charge in [0.25, 0.3) is 0 Å². The van der Waals surface area contributed by atoms with Gasteiger partial charge in [-0.3, -0.25) is 4.79 Å². The van der Waals surface area contributed by atoms with Crippen molar-refractivity contribution in [3.05, 3.63) is 47.5 Å².